The van der Waals surface area contributed by atoms with Crippen molar-refractivity contribution in [2.45, 2.75) is 0 Å². The molecule has 0 aromatic heterocycles. The second kappa shape index (κ2) is 9.26. The highest BCUT2D eigenvalue weighted by atomic mass is 35.5. The Bertz CT molecular complexity index is 1280. The van der Waals surface area contributed by atoms with E-state index < -0.39 is 11.9 Å². The molecule has 0 fully saturated rings. The molecular formula is C24H15Cl2NO5. The molecule has 0 N–H and O–H groups in total. The van der Waals surface area contributed by atoms with Crippen LogP contribution in [0.25, 0.3) is 6.08 Å². The number of nitrogens with zero attached hydrogens (tertiary/aromatic N) is 1. The number of methoxy groups -OCH3 is 1. The maximum Gasteiger partial charge on any atom is 0.363 e. The van der Waals surface area contributed by atoms with E-state index in [4.69, 9.17) is 37.4 Å². The molecule has 0 atom stereocenters. The Hall–Kier alpha value is -3.61. The van der Waals surface area contributed by atoms with Crippen LogP contribution in [0.5, 0.6) is 11.5 Å². The van der Waals surface area contributed by atoms with Crippen molar-refractivity contribution in [2.75, 3.05) is 7.11 Å². The zero-order valence-corrected chi connectivity index (χ0v) is 18.2. The molecule has 0 bridgehead atoms. The monoisotopic (exact) mass is 467 g/mol. The summed E-state index contributed by atoms with van der Waals surface area (Å²) in [6, 6.07) is 18.2. The number of halogens is 2. The van der Waals surface area contributed by atoms with Gasteiger partial charge in [-0.3, -0.25) is 0 Å². The number of carbonyl (C=O) groups excluding carboxylic acids is 2. The number of para-hydroxylation sites is 1. The van der Waals surface area contributed by atoms with Crippen molar-refractivity contribution in [1.29, 1.82) is 0 Å². The second-order valence-corrected chi connectivity index (χ2v) is 7.46. The van der Waals surface area contributed by atoms with Crippen LogP contribution < -0.4 is 9.47 Å². The minimum atomic E-state index is -0.660. The van der Waals surface area contributed by atoms with Crippen molar-refractivity contribution in [1.82, 2.24) is 0 Å². The number of rotatable bonds is 5. The van der Waals surface area contributed by atoms with Crippen LogP contribution in [0.4, 0.5) is 0 Å². The average molecular weight is 468 g/mol. The molecule has 4 rings (SSSR count). The quantitative estimate of drug-likeness (QED) is 0.278. The van der Waals surface area contributed by atoms with Gasteiger partial charge in [-0.25, -0.2) is 14.6 Å². The van der Waals surface area contributed by atoms with Gasteiger partial charge in [0.2, 0.25) is 5.90 Å². The van der Waals surface area contributed by atoms with Gasteiger partial charge in [-0.05, 0) is 48.5 Å². The Balaban J connectivity index is 1.63. The maximum absolute atomic E-state index is 12.6. The lowest BCUT2D eigenvalue weighted by molar-refractivity contribution is -0.129. The van der Waals surface area contributed by atoms with Crippen LogP contribution >= 0.6 is 23.2 Å². The molecule has 0 spiro atoms. The minimum Gasteiger partial charge on any atom is -0.497 e. The van der Waals surface area contributed by atoms with Gasteiger partial charge < -0.3 is 14.2 Å². The topological polar surface area (TPSA) is 74.2 Å². The molecule has 160 valence electrons. The third-order valence-electron chi connectivity index (χ3n) is 4.50. The lowest BCUT2D eigenvalue weighted by Crippen LogP contribution is -2.10. The molecule has 0 radical (unpaired) electrons. The number of esters is 2. The molecule has 32 heavy (non-hydrogen) atoms. The number of hydrogen-bond donors (Lipinski definition) is 0. The summed E-state index contributed by atoms with van der Waals surface area (Å²) in [5.74, 6) is -0.287. The third-order valence-corrected chi connectivity index (χ3v) is 5.05. The number of carbonyl (C=O) groups is 2. The predicted molar refractivity (Wildman–Crippen MR) is 121 cm³/mol. The second-order valence-electron chi connectivity index (χ2n) is 6.62. The molecule has 1 heterocycles. The summed E-state index contributed by atoms with van der Waals surface area (Å²) < 4.78 is 16.0. The fourth-order valence-corrected chi connectivity index (χ4v) is 3.42. The van der Waals surface area contributed by atoms with E-state index >= 15 is 0 Å². The fourth-order valence-electron chi connectivity index (χ4n) is 2.94. The molecule has 1 aliphatic rings. The van der Waals surface area contributed by atoms with E-state index in [1.807, 2.05) is 0 Å². The van der Waals surface area contributed by atoms with Crippen LogP contribution in [0.2, 0.25) is 10.0 Å². The first-order valence-electron chi connectivity index (χ1n) is 9.38. The van der Waals surface area contributed by atoms with E-state index in [9.17, 15) is 9.59 Å². The zero-order valence-electron chi connectivity index (χ0n) is 16.7. The number of aliphatic imine (C=N–C) groups is 1. The fraction of sp³-hybridized carbons (Fsp3) is 0.0417. The summed E-state index contributed by atoms with van der Waals surface area (Å²) in [5, 5.41) is 0.575. The van der Waals surface area contributed by atoms with Crippen molar-refractivity contribution in [2.24, 2.45) is 4.99 Å². The van der Waals surface area contributed by atoms with Crippen LogP contribution in [0.3, 0.4) is 0 Å². The van der Waals surface area contributed by atoms with Crippen LogP contribution in [-0.2, 0) is 9.53 Å². The predicted octanol–water partition coefficient (Wildman–Crippen LogP) is 5.57. The Kier molecular flexibility index (Phi) is 6.25. The summed E-state index contributed by atoms with van der Waals surface area (Å²) in [7, 11) is 1.54. The molecule has 0 saturated carbocycles. The SMILES string of the molecule is COc1cccc(C2=N/C(=C\c3ccccc3OC(=O)c3ccc(Cl)cc3Cl)C(=O)O2)c1. The van der Waals surface area contributed by atoms with Crippen molar-refractivity contribution < 1.29 is 23.8 Å². The molecule has 3 aromatic carbocycles. The van der Waals surface area contributed by atoms with E-state index in [1.165, 1.54) is 18.2 Å². The normalized spacial score (nSPS) is 14.2. The molecule has 0 saturated heterocycles. The number of cyclic esters (lactones) is 1. The number of benzene rings is 3. The van der Waals surface area contributed by atoms with E-state index in [0.717, 1.165) is 0 Å². The largest absolute Gasteiger partial charge is 0.497 e. The van der Waals surface area contributed by atoms with Gasteiger partial charge in [-0.1, -0.05) is 47.5 Å². The Morgan fingerprint density at radius 3 is 2.62 bits per heavy atom. The third kappa shape index (κ3) is 4.66. The van der Waals surface area contributed by atoms with E-state index in [2.05, 4.69) is 4.99 Å². The van der Waals surface area contributed by atoms with Crippen molar-refractivity contribution in [3.63, 3.8) is 0 Å². The molecular weight excluding hydrogens is 453 g/mol. The lowest BCUT2D eigenvalue weighted by Gasteiger charge is -2.09. The van der Waals surface area contributed by atoms with Gasteiger partial charge in [0.1, 0.15) is 11.5 Å². The summed E-state index contributed by atoms with van der Waals surface area (Å²) in [6.07, 6.45) is 1.49. The first-order valence-corrected chi connectivity index (χ1v) is 10.1. The standard InChI is InChI=1S/C24H15Cl2NO5/c1-30-17-7-4-6-15(11-17)22-27-20(24(29)32-22)12-14-5-2-3-8-21(14)31-23(28)18-10-9-16(25)13-19(18)26/h2-13H,1H3/b20-12-. The molecule has 1 aliphatic heterocycles. The first kappa shape index (κ1) is 21.6. The van der Waals surface area contributed by atoms with Crippen LogP contribution in [0.15, 0.2) is 77.4 Å². The van der Waals surface area contributed by atoms with Gasteiger partial charge >= 0.3 is 11.9 Å². The van der Waals surface area contributed by atoms with E-state index in [1.54, 1.807) is 61.7 Å². The van der Waals surface area contributed by atoms with Gasteiger partial charge in [0, 0.05) is 16.1 Å². The van der Waals surface area contributed by atoms with Gasteiger partial charge in [0.15, 0.2) is 5.70 Å². The van der Waals surface area contributed by atoms with Crippen molar-refractivity contribution in [3.05, 3.63) is 99.2 Å². The summed E-state index contributed by atoms with van der Waals surface area (Å²) in [5.41, 5.74) is 1.29. The van der Waals surface area contributed by atoms with Crippen LogP contribution in [-0.4, -0.2) is 24.9 Å². The number of ether oxygens (including phenoxy) is 3. The number of hydrogen-bond acceptors (Lipinski definition) is 6. The Morgan fingerprint density at radius 2 is 1.84 bits per heavy atom. The van der Waals surface area contributed by atoms with Gasteiger partial charge in [0.05, 0.1) is 17.7 Å². The minimum absolute atomic E-state index is 0.0656. The molecule has 0 unspecified atom stereocenters. The highest BCUT2D eigenvalue weighted by Crippen LogP contribution is 2.28. The van der Waals surface area contributed by atoms with Gasteiger partial charge in [-0.2, -0.15) is 0 Å². The Labute approximate surface area is 193 Å². The molecule has 0 amide bonds. The molecule has 8 heteroatoms. The summed E-state index contributed by atoms with van der Waals surface area (Å²) in [4.78, 5) is 29.3. The van der Waals surface area contributed by atoms with Crippen molar-refractivity contribution >= 4 is 47.1 Å². The average Bonchev–Trinajstić information content (AvgIpc) is 3.15. The first-order chi connectivity index (χ1) is 15.4. The molecule has 0 aliphatic carbocycles. The maximum atomic E-state index is 12.6. The molecule has 6 nitrogen and oxygen atoms in total. The van der Waals surface area contributed by atoms with Crippen molar-refractivity contribution in [3.8, 4) is 11.5 Å². The van der Waals surface area contributed by atoms with E-state index in [0.29, 0.717) is 21.9 Å². The highest BCUT2D eigenvalue weighted by molar-refractivity contribution is 6.36. The summed E-state index contributed by atoms with van der Waals surface area (Å²) in [6.45, 7) is 0. The van der Waals surface area contributed by atoms with Crippen LogP contribution in [0.1, 0.15) is 21.5 Å². The van der Waals surface area contributed by atoms with E-state index in [-0.39, 0.29) is 27.9 Å². The van der Waals surface area contributed by atoms with Gasteiger partial charge in [-0.15, -0.1) is 0 Å². The molecule has 3 aromatic rings. The highest BCUT2D eigenvalue weighted by Gasteiger charge is 2.25. The van der Waals surface area contributed by atoms with Gasteiger partial charge in [0.25, 0.3) is 0 Å². The zero-order chi connectivity index (χ0) is 22.7. The Morgan fingerprint density at radius 1 is 1.03 bits per heavy atom. The lowest BCUT2D eigenvalue weighted by atomic mass is 10.1. The van der Waals surface area contributed by atoms with Crippen LogP contribution in [0, 0.1) is 0 Å². The smallest absolute Gasteiger partial charge is 0.363 e. The summed E-state index contributed by atoms with van der Waals surface area (Å²) >= 11 is 12.0.